The van der Waals surface area contributed by atoms with Gasteiger partial charge in [0.1, 0.15) is 17.3 Å². The maximum absolute atomic E-state index is 13.3. The number of phenolic OH excluding ortho intramolecular Hbond substituents is 1. The third-order valence-corrected chi connectivity index (χ3v) is 6.07. The van der Waals surface area contributed by atoms with Gasteiger partial charge in [-0.3, -0.25) is 9.59 Å². The Morgan fingerprint density at radius 3 is 2.32 bits per heavy atom. The quantitative estimate of drug-likeness (QED) is 0.245. The molecule has 0 saturated carbocycles. The van der Waals surface area contributed by atoms with Gasteiger partial charge < -0.3 is 29.3 Å². The number of hydrogen-bond acceptors (Lipinski definition) is 7. The molecular formula is C29H29NO7. The van der Waals surface area contributed by atoms with Crippen LogP contribution in [0, 0.1) is 0 Å². The van der Waals surface area contributed by atoms with Gasteiger partial charge in [-0.05, 0) is 73.5 Å². The van der Waals surface area contributed by atoms with Crippen molar-refractivity contribution in [3.05, 3.63) is 89.0 Å². The van der Waals surface area contributed by atoms with Gasteiger partial charge in [-0.1, -0.05) is 18.2 Å². The molecule has 2 N–H and O–H groups in total. The van der Waals surface area contributed by atoms with Gasteiger partial charge in [-0.15, -0.1) is 0 Å². The van der Waals surface area contributed by atoms with Crippen LogP contribution in [0.25, 0.3) is 5.76 Å². The van der Waals surface area contributed by atoms with Crippen molar-refractivity contribution in [1.29, 1.82) is 0 Å². The summed E-state index contributed by atoms with van der Waals surface area (Å²) in [6, 6.07) is 17.6. The Labute approximate surface area is 215 Å². The van der Waals surface area contributed by atoms with Gasteiger partial charge in [-0.25, -0.2) is 0 Å². The van der Waals surface area contributed by atoms with Crippen molar-refractivity contribution >= 4 is 17.4 Å². The lowest BCUT2D eigenvalue weighted by Crippen LogP contribution is -2.29. The molecule has 1 unspecified atom stereocenters. The summed E-state index contributed by atoms with van der Waals surface area (Å²) in [5.41, 5.74) is 1.58. The first-order valence-corrected chi connectivity index (χ1v) is 12.0. The molecule has 1 atom stereocenters. The van der Waals surface area contributed by atoms with E-state index in [4.69, 9.17) is 14.2 Å². The third-order valence-electron chi connectivity index (χ3n) is 6.07. The number of aromatic hydroxyl groups is 1. The molecule has 0 aromatic heterocycles. The average molecular weight is 504 g/mol. The number of rotatable bonds is 9. The highest BCUT2D eigenvalue weighted by Gasteiger charge is 2.46. The number of carbonyl (C=O) groups excluding carboxylic acids is 2. The first kappa shape index (κ1) is 25.6. The Morgan fingerprint density at radius 2 is 1.65 bits per heavy atom. The first-order valence-electron chi connectivity index (χ1n) is 12.0. The minimum absolute atomic E-state index is 0.0507. The summed E-state index contributed by atoms with van der Waals surface area (Å²) in [5.74, 6) is -0.464. The summed E-state index contributed by atoms with van der Waals surface area (Å²) in [4.78, 5) is 28.0. The van der Waals surface area contributed by atoms with Gasteiger partial charge in [0, 0.05) is 12.1 Å². The van der Waals surface area contributed by atoms with Crippen molar-refractivity contribution in [3.8, 4) is 23.0 Å². The van der Waals surface area contributed by atoms with E-state index in [-0.39, 0.29) is 29.4 Å². The molecule has 3 aromatic rings. The van der Waals surface area contributed by atoms with Crippen LogP contribution in [0.4, 0.5) is 0 Å². The maximum Gasteiger partial charge on any atom is 0.295 e. The van der Waals surface area contributed by atoms with E-state index < -0.39 is 17.7 Å². The Kier molecular flexibility index (Phi) is 7.67. The molecule has 1 aliphatic heterocycles. The number of nitrogens with zero attached hydrogens (tertiary/aromatic N) is 1. The number of likely N-dealkylation sites (tertiary alicyclic amines) is 1. The average Bonchev–Trinajstić information content (AvgIpc) is 3.15. The van der Waals surface area contributed by atoms with Crippen molar-refractivity contribution in [1.82, 2.24) is 4.90 Å². The van der Waals surface area contributed by atoms with Crippen LogP contribution in [0.2, 0.25) is 0 Å². The van der Waals surface area contributed by atoms with Crippen molar-refractivity contribution in [2.24, 2.45) is 0 Å². The topological polar surface area (TPSA) is 106 Å². The van der Waals surface area contributed by atoms with Crippen LogP contribution in [0.15, 0.2) is 72.3 Å². The zero-order valence-electron chi connectivity index (χ0n) is 20.9. The molecule has 0 bridgehead atoms. The number of amides is 1. The van der Waals surface area contributed by atoms with Crippen molar-refractivity contribution in [2.45, 2.75) is 26.4 Å². The van der Waals surface area contributed by atoms with E-state index in [1.165, 1.54) is 11.0 Å². The maximum atomic E-state index is 13.3. The molecule has 8 nitrogen and oxygen atoms in total. The van der Waals surface area contributed by atoms with Crippen LogP contribution < -0.4 is 14.2 Å². The summed E-state index contributed by atoms with van der Waals surface area (Å²) in [7, 11) is 1.55. The number of benzene rings is 3. The lowest BCUT2D eigenvalue weighted by atomic mass is 9.94. The number of carbonyl (C=O) groups is 2. The number of ketones is 1. The van der Waals surface area contributed by atoms with Gasteiger partial charge in [0.25, 0.3) is 11.7 Å². The highest BCUT2D eigenvalue weighted by Crippen LogP contribution is 2.42. The number of phenols is 1. The molecule has 1 aliphatic rings. The summed E-state index contributed by atoms with van der Waals surface area (Å²) in [6.45, 7) is 4.55. The van der Waals surface area contributed by atoms with E-state index in [0.717, 1.165) is 5.56 Å². The molecule has 4 rings (SSSR count). The van der Waals surface area contributed by atoms with Crippen LogP contribution in [0.1, 0.15) is 36.6 Å². The second-order valence-corrected chi connectivity index (χ2v) is 8.40. The SMILES string of the molecule is CCOc1ccc(/C(O)=C2/C(=O)C(=O)N(Cc3cccc(OC)c3)C2c2ccc(O)c(OCC)c2)cc1. The molecule has 0 aliphatic carbocycles. The summed E-state index contributed by atoms with van der Waals surface area (Å²) < 4.78 is 16.3. The van der Waals surface area contributed by atoms with Crippen LogP contribution in [-0.2, 0) is 16.1 Å². The molecule has 1 saturated heterocycles. The van der Waals surface area contributed by atoms with E-state index in [9.17, 15) is 19.8 Å². The Morgan fingerprint density at radius 1 is 0.919 bits per heavy atom. The summed E-state index contributed by atoms with van der Waals surface area (Å²) >= 11 is 0. The van der Waals surface area contributed by atoms with E-state index in [2.05, 4.69) is 0 Å². The second kappa shape index (κ2) is 11.1. The van der Waals surface area contributed by atoms with Crippen molar-refractivity contribution in [2.75, 3.05) is 20.3 Å². The van der Waals surface area contributed by atoms with Crippen LogP contribution in [-0.4, -0.2) is 47.1 Å². The van der Waals surface area contributed by atoms with Crippen LogP contribution >= 0.6 is 0 Å². The lowest BCUT2D eigenvalue weighted by molar-refractivity contribution is -0.140. The predicted octanol–water partition coefficient (Wildman–Crippen LogP) is 4.82. The highest BCUT2D eigenvalue weighted by molar-refractivity contribution is 6.46. The predicted molar refractivity (Wildman–Crippen MR) is 138 cm³/mol. The van der Waals surface area contributed by atoms with E-state index >= 15 is 0 Å². The molecule has 1 fully saturated rings. The Hall–Kier alpha value is -4.46. The molecule has 3 aromatic carbocycles. The fourth-order valence-electron chi connectivity index (χ4n) is 4.36. The monoisotopic (exact) mass is 503 g/mol. The summed E-state index contributed by atoms with van der Waals surface area (Å²) in [6.07, 6.45) is 0. The second-order valence-electron chi connectivity index (χ2n) is 8.40. The molecule has 1 heterocycles. The fraction of sp³-hybridized carbons (Fsp3) is 0.241. The van der Waals surface area contributed by atoms with Crippen molar-refractivity contribution in [3.63, 3.8) is 0 Å². The van der Waals surface area contributed by atoms with E-state index in [1.807, 2.05) is 13.0 Å². The van der Waals surface area contributed by atoms with Gasteiger partial charge in [0.05, 0.1) is 31.9 Å². The van der Waals surface area contributed by atoms with Crippen LogP contribution in [0.3, 0.4) is 0 Å². The molecule has 0 radical (unpaired) electrons. The van der Waals surface area contributed by atoms with Gasteiger partial charge in [-0.2, -0.15) is 0 Å². The van der Waals surface area contributed by atoms with Gasteiger partial charge in [0.15, 0.2) is 11.5 Å². The van der Waals surface area contributed by atoms with E-state index in [0.29, 0.717) is 35.8 Å². The smallest absolute Gasteiger partial charge is 0.295 e. The molecule has 192 valence electrons. The first-order chi connectivity index (χ1) is 17.9. The minimum Gasteiger partial charge on any atom is -0.507 e. The highest BCUT2D eigenvalue weighted by atomic mass is 16.5. The van der Waals surface area contributed by atoms with Crippen LogP contribution in [0.5, 0.6) is 23.0 Å². The van der Waals surface area contributed by atoms with Crippen molar-refractivity contribution < 1.29 is 34.0 Å². The van der Waals surface area contributed by atoms with Gasteiger partial charge in [0.2, 0.25) is 0 Å². The third kappa shape index (κ3) is 5.23. The number of methoxy groups -OCH3 is 1. The standard InChI is InChI=1S/C29H29NO7/c1-4-36-21-12-9-19(10-13-21)27(32)25-26(20-11-14-23(31)24(16-20)37-5-2)30(29(34)28(25)33)17-18-7-6-8-22(15-18)35-3/h6-16,26,31-32H,4-5,17H2,1-3H3/b27-25-. The lowest BCUT2D eigenvalue weighted by Gasteiger charge is -2.26. The molecule has 1 amide bonds. The number of hydrogen-bond donors (Lipinski definition) is 2. The Balaban J connectivity index is 1.85. The molecule has 0 spiro atoms. The minimum atomic E-state index is -0.919. The fourth-order valence-corrected chi connectivity index (χ4v) is 4.36. The normalized spacial score (nSPS) is 16.6. The van der Waals surface area contributed by atoms with E-state index in [1.54, 1.807) is 68.6 Å². The zero-order valence-corrected chi connectivity index (χ0v) is 20.9. The number of aliphatic hydroxyl groups excluding tert-OH is 1. The Bertz CT molecular complexity index is 1330. The summed E-state index contributed by atoms with van der Waals surface area (Å²) in [5, 5.41) is 21.5. The molecular weight excluding hydrogens is 474 g/mol. The number of ether oxygens (including phenoxy) is 3. The largest absolute Gasteiger partial charge is 0.507 e. The molecule has 37 heavy (non-hydrogen) atoms. The number of aliphatic hydroxyl groups is 1. The molecule has 8 heteroatoms. The number of Topliss-reactive ketones (excluding diaryl/α,β-unsaturated/α-hetero) is 1. The van der Waals surface area contributed by atoms with Gasteiger partial charge >= 0.3 is 0 Å². The zero-order chi connectivity index (χ0) is 26.5.